The summed E-state index contributed by atoms with van der Waals surface area (Å²) in [7, 11) is -4.56. The molecule has 1 aliphatic heterocycles. The first-order valence-electron chi connectivity index (χ1n) is 12.7. The van der Waals surface area contributed by atoms with Gasteiger partial charge >= 0.3 is 12.3 Å². The second-order valence-electron chi connectivity index (χ2n) is 9.99. The minimum atomic E-state index is -5.12. The van der Waals surface area contributed by atoms with Crippen LogP contribution >= 0.6 is 23.2 Å². The number of halogens is 6. The number of sulfonamides is 1. The molecule has 3 aromatic rings. The summed E-state index contributed by atoms with van der Waals surface area (Å²) in [6, 6.07) is 8.48. The molecule has 1 fully saturated rings. The van der Waals surface area contributed by atoms with Gasteiger partial charge in [-0.2, -0.15) is 0 Å². The Morgan fingerprint density at radius 2 is 1.67 bits per heavy atom. The van der Waals surface area contributed by atoms with E-state index in [4.69, 9.17) is 23.2 Å². The van der Waals surface area contributed by atoms with Crippen LogP contribution in [-0.2, 0) is 19.6 Å². The molecule has 0 radical (unpaired) electrons. The van der Waals surface area contributed by atoms with E-state index in [9.17, 15) is 40.7 Å². The Morgan fingerprint density at radius 3 is 2.21 bits per heavy atom. The Balaban J connectivity index is 1.83. The van der Waals surface area contributed by atoms with Crippen molar-refractivity contribution in [3.05, 3.63) is 82.1 Å². The van der Waals surface area contributed by atoms with Crippen LogP contribution in [0.5, 0.6) is 5.75 Å². The van der Waals surface area contributed by atoms with Gasteiger partial charge in [-0.05, 0) is 67.8 Å². The van der Waals surface area contributed by atoms with Gasteiger partial charge in [-0.3, -0.25) is 9.59 Å². The molecule has 1 aliphatic rings. The van der Waals surface area contributed by atoms with Crippen LogP contribution in [0.15, 0.2) is 65.6 Å². The molecular weight excluding hydrogens is 639 g/mol. The summed E-state index contributed by atoms with van der Waals surface area (Å²) in [5.74, 6) is -4.20. The third kappa shape index (κ3) is 7.29. The smallest absolute Gasteiger partial charge is 0.480 e. The molecule has 0 saturated carbocycles. The quantitative estimate of drug-likeness (QED) is 0.176. The van der Waals surface area contributed by atoms with Gasteiger partial charge in [0.2, 0.25) is 10.0 Å². The summed E-state index contributed by atoms with van der Waals surface area (Å²) < 4.78 is 86.0. The molecule has 43 heavy (non-hydrogen) atoms. The van der Waals surface area contributed by atoms with E-state index in [1.165, 1.54) is 30.3 Å². The highest BCUT2D eigenvalue weighted by atomic mass is 35.5. The van der Waals surface area contributed by atoms with Crippen LogP contribution in [0.25, 0.3) is 11.1 Å². The molecule has 0 bridgehead atoms. The number of hydrogen-bond donors (Lipinski definition) is 3. The predicted octanol–water partition coefficient (Wildman–Crippen LogP) is 6.13. The molecule has 3 atom stereocenters. The minimum absolute atomic E-state index is 0.00269. The SMILES string of the molecule is C[C@@](C(=O)O)(C(=O)C1CCCN1)[C@H](NS(=O)(=O)c1cc(Cl)cc(Cl)c1)c1ccc(-c2ccc(F)cc2OC(F)(F)F)cc1. The molecule has 0 spiro atoms. The maximum Gasteiger partial charge on any atom is 0.573 e. The molecule has 3 N–H and O–H groups in total. The van der Waals surface area contributed by atoms with Crippen LogP contribution in [-0.4, -0.2) is 44.2 Å². The lowest BCUT2D eigenvalue weighted by Gasteiger charge is -2.35. The van der Waals surface area contributed by atoms with Crippen molar-refractivity contribution in [1.82, 2.24) is 10.0 Å². The molecular formula is C28H24Cl2F4N2O6S. The van der Waals surface area contributed by atoms with E-state index in [0.29, 0.717) is 25.5 Å². The number of carboxylic acids is 1. The first-order valence-corrected chi connectivity index (χ1v) is 14.9. The van der Waals surface area contributed by atoms with Gasteiger partial charge in [0.05, 0.1) is 17.0 Å². The normalized spacial score (nSPS) is 17.7. The van der Waals surface area contributed by atoms with Crippen molar-refractivity contribution in [2.24, 2.45) is 5.41 Å². The number of carboxylic acid groups (broad SMARTS) is 1. The van der Waals surface area contributed by atoms with E-state index in [-0.39, 0.29) is 26.7 Å². The molecule has 1 heterocycles. The maximum absolute atomic E-state index is 13.7. The fourth-order valence-corrected chi connectivity index (χ4v) is 6.90. The second-order valence-corrected chi connectivity index (χ2v) is 12.6. The van der Waals surface area contributed by atoms with Crippen LogP contribution in [0.3, 0.4) is 0 Å². The lowest BCUT2D eigenvalue weighted by atomic mass is 9.73. The number of benzene rings is 3. The summed E-state index contributed by atoms with van der Waals surface area (Å²) in [4.78, 5) is 26.1. The Morgan fingerprint density at radius 1 is 1.05 bits per heavy atom. The zero-order valence-electron chi connectivity index (χ0n) is 22.2. The van der Waals surface area contributed by atoms with Gasteiger partial charge in [-0.1, -0.05) is 47.5 Å². The van der Waals surface area contributed by atoms with Crippen LogP contribution in [0.1, 0.15) is 31.4 Å². The first kappa shape index (κ1) is 32.7. The van der Waals surface area contributed by atoms with Gasteiger partial charge in [-0.15, -0.1) is 13.2 Å². The molecule has 1 saturated heterocycles. The van der Waals surface area contributed by atoms with Crippen molar-refractivity contribution in [2.75, 3.05) is 6.54 Å². The van der Waals surface area contributed by atoms with Crippen molar-refractivity contribution in [1.29, 1.82) is 0 Å². The van der Waals surface area contributed by atoms with Gasteiger partial charge in [0.25, 0.3) is 0 Å². The van der Waals surface area contributed by atoms with Gasteiger partial charge in [0, 0.05) is 21.7 Å². The van der Waals surface area contributed by atoms with Gasteiger partial charge in [0.1, 0.15) is 17.0 Å². The number of carbonyl (C=O) groups is 2. The van der Waals surface area contributed by atoms with E-state index in [1.54, 1.807) is 0 Å². The van der Waals surface area contributed by atoms with Crippen molar-refractivity contribution in [3.8, 4) is 16.9 Å². The van der Waals surface area contributed by atoms with Crippen molar-refractivity contribution in [2.45, 2.75) is 43.1 Å². The number of carbonyl (C=O) groups excluding carboxylic acids is 1. The zero-order valence-corrected chi connectivity index (χ0v) is 24.5. The molecule has 230 valence electrons. The lowest BCUT2D eigenvalue weighted by molar-refractivity contribution is -0.274. The second kappa shape index (κ2) is 12.4. The highest BCUT2D eigenvalue weighted by molar-refractivity contribution is 7.89. The average molecular weight is 663 g/mol. The number of hydrogen-bond acceptors (Lipinski definition) is 6. The van der Waals surface area contributed by atoms with E-state index in [0.717, 1.165) is 31.2 Å². The standard InChI is InChI=1S/C28H24Cl2F4N2O6S/c1-27(26(38)39,25(37)22-3-2-10-35-22)24(36-43(40,41)20-12-17(29)11-18(30)13-20)16-6-4-15(5-7-16)21-9-8-19(31)14-23(21)42-28(32,33)34/h4-9,11-14,22,24,35-36H,2-3,10H2,1H3,(H,38,39)/t22?,24-,27+/m1/s1. The molecule has 15 heteroatoms. The van der Waals surface area contributed by atoms with E-state index >= 15 is 0 Å². The van der Waals surface area contributed by atoms with E-state index in [1.807, 2.05) is 0 Å². The zero-order chi connectivity index (χ0) is 31.7. The third-order valence-corrected chi connectivity index (χ3v) is 8.89. The highest BCUT2D eigenvalue weighted by Crippen LogP contribution is 2.41. The summed E-state index contributed by atoms with van der Waals surface area (Å²) in [5, 5.41) is 13.3. The molecule has 1 unspecified atom stereocenters. The van der Waals surface area contributed by atoms with Crippen molar-refractivity contribution < 1.29 is 45.4 Å². The van der Waals surface area contributed by atoms with E-state index in [2.05, 4.69) is 14.8 Å². The summed E-state index contributed by atoms with van der Waals surface area (Å²) in [5.41, 5.74) is -2.41. The van der Waals surface area contributed by atoms with Crippen LogP contribution in [0.4, 0.5) is 17.6 Å². The summed E-state index contributed by atoms with van der Waals surface area (Å²) >= 11 is 12.0. The molecule has 8 nitrogen and oxygen atoms in total. The molecule has 4 rings (SSSR count). The fourth-order valence-electron chi connectivity index (χ4n) is 4.87. The Kier molecular flexibility index (Phi) is 9.43. The number of ether oxygens (including phenoxy) is 1. The average Bonchev–Trinajstić information content (AvgIpc) is 3.45. The Bertz CT molecular complexity index is 1630. The molecule has 3 aromatic carbocycles. The topological polar surface area (TPSA) is 122 Å². The van der Waals surface area contributed by atoms with Crippen LogP contribution in [0.2, 0.25) is 10.0 Å². The number of ketones is 1. The molecule has 0 aliphatic carbocycles. The summed E-state index contributed by atoms with van der Waals surface area (Å²) in [6.45, 7) is 1.55. The van der Waals surface area contributed by atoms with Gasteiger partial charge in [0.15, 0.2) is 5.78 Å². The predicted molar refractivity (Wildman–Crippen MR) is 150 cm³/mol. The highest BCUT2D eigenvalue weighted by Gasteiger charge is 2.53. The maximum atomic E-state index is 13.7. The van der Waals surface area contributed by atoms with Gasteiger partial charge in [-0.25, -0.2) is 17.5 Å². The van der Waals surface area contributed by atoms with Crippen molar-refractivity contribution in [3.63, 3.8) is 0 Å². The van der Waals surface area contributed by atoms with Crippen LogP contribution in [0, 0.1) is 11.2 Å². The first-order chi connectivity index (χ1) is 20.0. The number of alkyl halides is 3. The third-order valence-electron chi connectivity index (χ3n) is 7.05. The van der Waals surface area contributed by atoms with Crippen molar-refractivity contribution >= 4 is 45.0 Å². The minimum Gasteiger partial charge on any atom is -0.480 e. The molecule has 0 amide bonds. The van der Waals surface area contributed by atoms with Crippen LogP contribution < -0.4 is 14.8 Å². The Hall–Kier alpha value is -3.23. The summed E-state index contributed by atoms with van der Waals surface area (Å²) in [6.07, 6.45) is -4.19. The molecule has 0 aromatic heterocycles. The number of Topliss-reactive ketones (excluding diaryl/α,β-unsaturated/α-hetero) is 1. The monoisotopic (exact) mass is 662 g/mol. The fraction of sp³-hybridized carbons (Fsp3) is 0.286. The largest absolute Gasteiger partial charge is 0.573 e. The van der Waals surface area contributed by atoms with Gasteiger partial charge < -0.3 is 15.2 Å². The van der Waals surface area contributed by atoms with E-state index < -0.39 is 62.1 Å². The Labute approximate surface area is 254 Å². The lowest BCUT2D eigenvalue weighted by Crippen LogP contribution is -2.54. The number of aliphatic carboxylic acids is 1. The number of nitrogens with one attached hydrogen (secondary N) is 2. The number of rotatable bonds is 10.